The molecule has 10 heteroatoms. The Hall–Kier alpha value is -0.400. The van der Waals surface area contributed by atoms with Gasteiger partial charge in [-0.2, -0.15) is 0 Å². The van der Waals surface area contributed by atoms with E-state index >= 15 is 0 Å². The van der Waals surface area contributed by atoms with Crippen LogP contribution in [0.2, 0.25) is 0 Å². The predicted molar refractivity (Wildman–Crippen MR) is 70.9 cm³/mol. The van der Waals surface area contributed by atoms with Crippen LogP contribution in [0.5, 0.6) is 0 Å². The van der Waals surface area contributed by atoms with E-state index in [1.54, 1.807) is 5.71 Å². The van der Waals surface area contributed by atoms with Crippen LogP contribution in [0.25, 0.3) is 0 Å². The van der Waals surface area contributed by atoms with Crippen molar-refractivity contribution in [1.82, 2.24) is 0 Å². The molecule has 0 amide bonds. The van der Waals surface area contributed by atoms with E-state index < -0.39 is 7.81 Å². The van der Waals surface area contributed by atoms with Gasteiger partial charge < -0.3 is 9.47 Å². The van der Waals surface area contributed by atoms with E-state index in [0.717, 1.165) is 26.1 Å². The van der Waals surface area contributed by atoms with Gasteiger partial charge in [0.05, 0.1) is 13.2 Å². The third-order valence-electron chi connectivity index (χ3n) is 3.96. The predicted octanol–water partition coefficient (Wildman–Crippen LogP) is 4.93. The summed E-state index contributed by atoms with van der Waals surface area (Å²) in [6.45, 7) is 4.15. The molecule has 3 rings (SSSR count). The fraction of sp³-hybridized carbons (Fsp3) is 0.917. The Morgan fingerprint density at radius 3 is 1.64 bits per heavy atom. The van der Waals surface area contributed by atoms with E-state index in [4.69, 9.17) is 9.47 Å². The van der Waals surface area contributed by atoms with Gasteiger partial charge in [0.2, 0.25) is 0 Å². The van der Waals surface area contributed by atoms with Crippen molar-refractivity contribution in [3.63, 3.8) is 0 Å². The summed E-state index contributed by atoms with van der Waals surface area (Å²) in [5, 5.41) is 0. The van der Waals surface area contributed by atoms with Crippen LogP contribution in [0.15, 0.2) is 0 Å². The molecule has 2 aliphatic heterocycles. The van der Waals surface area contributed by atoms with Crippen LogP contribution in [0.3, 0.4) is 0 Å². The standard InChI is InChI=1S/C12H20NO2.F6P/c1-2-8-13(7-1)11-3-5-12(6-4-11)14-9-10-15-12;1-7(2,3,4,5)6/h1-10H2;/q+1;-1. The average molecular weight is 355 g/mol. The number of halogens is 6. The Kier molecular flexibility index (Phi) is 4.33. The quantitative estimate of drug-likeness (QED) is 0.349. The summed E-state index contributed by atoms with van der Waals surface area (Å²) < 4.78 is 73.3. The van der Waals surface area contributed by atoms with Crippen molar-refractivity contribution in [2.24, 2.45) is 0 Å². The summed E-state index contributed by atoms with van der Waals surface area (Å²) in [5.74, 6) is -0.191. The number of rotatable bonds is 0. The van der Waals surface area contributed by atoms with Gasteiger partial charge in [-0.1, -0.05) is 0 Å². The molecule has 0 N–H and O–H groups in total. The Balaban J connectivity index is 0.000000217. The van der Waals surface area contributed by atoms with Gasteiger partial charge in [0.25, 0.3) is 0 Å². The maximum atomic E-state index is 9.87. The zero-order valence-electron chi connectivity index (χ0n) is 12.0. The van der Waals surface area contributed by atoms with Crippen LogP contribution < -0.4 is 0 Å². The first kappa shape index (κ1) is 17.9. The Bertz CT molecular complexity index is 423. The molecule has 2 saturated heterocycles. The molecule has 0 aromatic heterocycles. The molecule has 22 heavy (non-hydrogen) atoms. The van der Waals surface area contributed by atoms with E-state index in [-0.39, 0.29) is 5.79 Å². The van der Waals surface area contributed by atoms with Crippen LogP contribution in [-0.4, -0.2) is 42.4 Å². The van der Waals surface area contributed by atoms with Crippen molar-refractivity contribution in [3.8, 4) is 0 Å². The van der Waals surface area contributed by atoms with Gasteiger partial charge >= 0.3 is 33.0 Å². The molecule has 0 bridgehead atoms. The first-order chi connectivity index (χ1) is 9.83. The molecule has 2 heterocycles. The first-order valence-electron chi connectivity index (χ1n) is 7.27. The summed E-state index contributed by atoms with van der Waals surface area (Å²) >= 11 is 0. The van der Waals surface area contributed by atoms with Crippen molar-refractivity contribution in [2.75, 3.05) is 26.3 Å². The summed E-state index contributed by atoms with van der Waals surface area (Å²) in [7, 11) is -10.7. The fourth-order valence-electron chi connectivity index (χ4n) is 3.05. The summed E-state index contributed by atoms with van der Waals surface area (Å²) in [6, 6.07) is 0. The third kappa shape index (κ3) is 6.79. The van der Waals surface area contributed by atoms with Gasteiger partial charge in [-0.05, 0) is 0 Å². The summed E-state index contributed by atoms with van der Waals surface area (Å²) in [6.07, 6.45) is 7.25. The number of hydrogen-bond acceptors (Lipinski definition) is 2. The van der Waals surface area contributed by atoms with E-state index in [9.17, 15) is 25.2 Å². The van der Waals surface area contributed by atoms with Crippen LogP contribution in [0.4, 0.5) is 25.2 Å². The molecule has 0 atom stereocenters. The SMILES string of the molecule is C1CC[N+](=C2CCC3(CC2)OCCO3)C1.F[P-](F)(F)(F)(F)F. The van der Waals surface area contributed by atoms with Gasteiger partial charge in [-0.15, -0.1) is 0 Å². The zero-order valence-corrected chi connectivity index (χ0v) is 12.9. The molecule has 3 fully saturated rings. The van der Waals surface area contributed by atoms with E-state index in [1.165, 1.54) is 38.8 Å². The van der Waals surface area contributed by atoms with Gasteiger partial charge in [-0.25, -0.2) is 4.58 Å². The Morgan fingerprint density at radius 2 is 1.23 bits per heavy atom. The van der Waals surface area contributed by atoms with Crippen LogP contribution in [0, 0.1) is 0 Å². The minimum atomic E-state index is -10.7. The van der Waals surface area contributed by atoms with E-state index in [2.05, 4.69) is 4.58 Å². The van der Waals surface area contributed by atoms with Gasteiger partial charge in [0.1, 0.15) is 13.1 Å². The van der Waals surface area contributed by atoms with E-state index in [0.29, 0.717) is 0 Å². The van der Waals surface area contributed by atoms with Crippen molar-refractivity contribution in [3.05, 3.63) is 0 Å². The topological polar surface area (TPSA) is 21.5 Å². The van der Waals surface area contributed by atoms with Gasteiger partial charge in [0, 0.05) is 38.5 Å². The maximum absolute atomic E-state index is 10.7. The number of hydrogen-bond donors (Lipinski definition) is 0. The van der Waals surface area contributed by atoms with Crippen LogP contribution >= 0.6 is 7.81 Å². The van der Waals surface area contributed by atoms with E-state index in [1.807, 2.05) is 0 Å². The molecule has 3 aliphatic rings. The molecule has 3 nitrogen and oxygen atoms in total. The summed E-state index contributed by atoms with van der Waals surface area (Å²) in [5.41, 5.74) is 1.65. The minimum absolute atomic E-state index is 0.191. The molecular weight excluding hydrogens is 335 g/mol. The van der Waals surface area contributed by atoms with Crippen LogP contribution in [-0.2, 0) is 9.47 Å². The molecule has 1 spiro atoms. The monoisotopic (exact) mass is 355 g/mol. The number of nitrogens with zero attached hydrogens (tertiary/aromatic N) is 1. The van der Waals surface area contributed by atoms with Crippen molar-refractivity contribution >= 4 is 13.5 Å². The van der Waals surface area contributed by atoms with Gasteiger partial charge in [0.15, 0.2) is 11.5 Å². The second-order valence-electron chi connectivity index (χ2n) is 5.83. The fourth-order valence-corrected chi connectivity index (χ4v) is 3.05. The molecule has 0 aromatic rings. The number of ether oxygens (including phenoxy) is 2. The van der Waals surface area contributed by atoms with Crippen LogP contribution in [0.1, 0.15) is 38.5 Å². The normalized spacial score (nSPS) is 28.1. The zero-order chi connectivity index (χ0) is 16.5. The summed E-state index contributed by atoms with van der Waals surface area (Å²) in [4.78, 5) is 0. The van der Waals surface area contributed by atoms with Crippen molar-refractivity contribution < 1.29 is 39.2 Å². The second-order valence-corrected chi connectivity index (χ2v) is 7.74. The molecular formula is C12H20F6NO2P. The molecule has 0 unspecified atom stereocenters. The molecule has 132 valence electrons. The van der Waals surface area contributed by atoms with Gasteiger partial charge in [-0.3, -0.25) is 0 Å². The van der Waals surface area contributed by atoms with Crippen molar-refractivity contribution in [2.45, 2.75) is 44.3 Å². The molecule has 0 radical (unpaired) electrons. The second kappa shape index (κ2) is 5.31. The third-order valence-corrected chi connectivity index (χ3v) is 3.96. The average Bonchev–Trinajstić information content (AvgIpc) is 2.98. The molecule has 1 aliphatic carbocycles. The first-order valence-corrected chi connectivity index (χ1v) is 9.30. The van der Waals surface area contributed by atoms with Crippen molar-refractivity contribution in [1.29, 1.82) is 0 Å². The Labute approximate surface area is 124 Å². The molecule has 1 saturated carbocycles. The Morgan fingerprint density at radius 1 is 0.818 bits per heavy atom. The molecule has 0 aromatic carbocycles.